The highest BCUT2D eigenvalue weighted by Crippen LogP contribution is 2.18. The summed E-state index contributed by atoms with van der Waals surface area (Å²) in [6.45, 7) is 0.0934. The number of fused-ring (bicyclic) bond motifs is 1. The molecule has 0 aliphatic heterocycles. The van der Waals surface area contributed by atoms with Crippen LogP contribution in [0.4, 0.5) is 0 Å². The van der Waals surface area contributed by atoms with Gasteiger partial charge in [0.2, 0.25) is 0 Å². The zero-order chi connectivity index (χ0) is 13.8. The van der Waals surface area contributed by atoms with Crippen LogP contribution in [-0.4, -0.2) is 35.2 Å². The Balaban J connectivity index is 2.34. The molecule has 0 aliphatic rings. The fourth-order valence-electron chi connectivity index (χ4n) is 1.79. The number of hydrogen-bond donors (Lipinski definition) is 3. The summed E-state index contributed by atoms with van der Waals surface area (Å²) < 4.78 is 0. The van der Waals surface area contributed by atoms with Gasteiger partial charge in [0, 0.05) is 12.1 Å². The van der Waals surface area contributed by atoms with Crippen LogP contribution >= 0.6 is 0 Å². The van der Waals surface area contributed by atoms with Gasteiger partial charge in [-0.25, -0.2) is 4.79 Å². The van der Waals surface area contributed by atoms with Crippen LogP contribution in [0.5, 0.6) is 0 Å². The largest absolute Gasteiger partial charge is 0.478 e. The normalized spacial score (nSPS) is 10.4. The van der Waals surface area contributed by atoms with Crippen LogP contribution in [0.25, 0.3) is 10.8 Å². The summed E-state index contributed by atoms with van der Waals surface area (Å²) in [5.41, 5.74) is 0.689. The maximum Gasteiger partial charge on any atom is 0.335 e. The molecule has 3 N–H and O–H groups in total. The highest BCUT2D eigenvalue weighted by atomic mass is 16.4. The number of aliphatic hydroxyl groups is 1. The van der Waals surface area contributed by atoms with Gasteiger partial charge in [-0.05, 0) is 35.0 Å². The Hall–Kier alpha value is -2.40. The number of carbonyl (C=O) groups is 2. The fourth-order valence-corrected chi connectivity index (χ4v) is 1.79. The number of carboxylic acid groups (broad SMARTS) is 1. The number of aliphatic hydroxyl groups excluding tert-OH is 1. The van der Waals surface area contributed by atoms with Crippen molar-refractivity contribution < 1.29 is 19.8 Å². The lowest BCUT2D eigenvalue weighted by Gasteiger charge is -2.05. The molecule has 19 heavy (non-hydrogen) atoms. The van der Waals surface area contributed by atoms with Crippen molar-refractivity contribution in [3.05, 3.63) is 47.5 Å². The van der Waals surface area contributed by atoms with Crippen LogP contribution in [0.1, 0.15) is 20.7 Å². The molecular formula is C14H13NO4. The third-order valence-corrected chi connectivity index (χ3v) is 2.75. The third-order valence-electron chi connectivity index (χ3n) is 2.75. The number of amides is 1. The van der Waals surface area contributed by atoms with Crippen molar-refractivity contribution in [1.29, 1.82) is 0 Å². The van der Waals surface area contributed by atoms with E-state index in [0.29, 0.717) is 5.56 Å². The molecule has 98 valence electrons. The van der Waals surface area contributed by atoms with Crippen molar-refractivity contribution in [2.75, 3.05) is 13.2 Å². The van der Waals surface area contributed by atoms with E-state index in [-0.39, 0.29) is 24.6 Å². The summed E-state index contributed by atoms with van der Waals surface area (Å²) in [4.78, 5) is 22.6. The molecule has 2 aromatic carbocycles. The first-order valence-electron chi connectivity index (χ1n) is 5.78. The molecule has 0 saturated carbocycles. The van der Waals surface area contributed by atoms with Crippen LogP contribution in [0, 0.1) is 0 Å². The summed E-state index contributed by atoms with van der Waals surface area (Å²) in [5.74, 6) is -1.25. The van der Waals surface area contributed by atoms with Gasteiger partial charge in [-0.2, -0.15) is 0 Å². The van der Waals surface area contributed by atoms with E-state index in [0.717, 1.165) is 10.8 Å². The van der Waals surface area contributed by atoms with Gasteiger partial charge in [0.15, 0.2) is 0 Å². The van der Waals surface area contributed by atoms with Gasteiger partial charge < -0.3 is 15.5 Å². The minimum Gasteiger partial charge on any atom is -0.478 e. The fraction of sp³-hybridized carbons (Fsp3) is 0.143. The number of rotatable bonds is 4. The second kappa shape index (κ2) is 5.49. The van der Waals surface area contributed by atoms with Crippen LogP contribution in [-0.2, 0) is 0 Å². The number of aromatic carboxylic acids is 1. The van der Waals surface area contributed by atoms with Crippen molar-refractivity contribution >= 4 is 22.6 Å². The predicted molar refractivity (Wildman–Crippen MR) is 70.3 cm³/mol. The SMILES string of the molecule is O=C(O)c1ccc2cc(C(=O)NCCO)ccc2c1. The van der Waals surface area contributed by atoms with Gasteiger partial charge in [0.1, 0.15) is 0 Å². The molecule has 2 rings (SSSR count). The Kier molecular flexibility index (Phi) is 3.77. The lowest BCUT2D eigenvalue weighted by atomic mass is 10.0. The van der Waals surface area contributed by atoms with Crippen molar-refractivity contribution in [3.63, 3.8) is 0 Å². The minimum absolute atomic E-state index is 0.110. The second-order valence-electron chi connectivity index (χ2n) is 4.06. The Morgan fingerprint density at radius 3 is 2.16 bits per heavy atom. The van der Waals surface area contributed by atoms with Crippen LogP contribution in [0.3, 0.4) is 0 Å². The summed E-state index contributed by atoms with van der Waals surface area (Å²) in [6.07, 6.45) is 0. The maximum absolute atomic E-state index is 11.7. The molecule has 0 aliphatic carbocycles. The van der Waals surface area contributed by atoms with Crippen LogP contribution in [0.2, 0.25) is 0 Å². The molecule has 2 aromatic rings. The Morgan fingerprint density at radius 2 is 1.58 bits per heavy atom. The van der Waals surface area contributed by atoms with Gasteiger partial charge >= 0.3 is 5.97 Å². The first-order valence-corrected chi connectivity index (χ1v) is 5.78. The van der Waals surface area contributed by atoms with E-state index in [1.54, 1.807) is 30.3 Å². The van der Waals surface area contributed by atoms with Gasteiger partial charge in [-0.15, -0.1) is 0 Å². The minimum atomic E-state index is -0.980. The third kappa shape index (κ3) is 2.89. The highest BCUT2D eigenvalue weighted by Gasteiger charge is 2.07. The first-order chi connectivity index (χ1) is 9.11. The average Bonchev–Trinajstić information content (AvgIpc) is 2.43. The Labute approximate surface area is 109 Å². The molecule has 1 amide bonds. The monoisotopic (exact) mass is 259 g/mol. The van der Waals surface area contributed by atoms with Gasteiger partial charge in [0.05, 0.1) is 12.2 Å². The van der Waals surface area contributed by atoms with E-state index in [1.807, 2.05) is 0 Å². The number of carbonyl (C=O) groups excluding carboxylic acids is 1. The number of benzene rings is 2. The van der Waals surface area contributed by atoms with Crippen molar-refractivity contribution in [1.82, 2.24) is 5.32 Å². The van der Waals surface area contributed by atoms with Crippen LogP contribution < -0.4 is 5.32 Å². The lowest BCUT2D eigenvalue weighted by molar-refractivity contribution is 0.0696. The highest BCUT2D eigenvalue weighted by molar-refractivity contribution is 6.00. The molecule has 0 atom stereocenters. The molecule has 5 heteroatoms. The van der Waals surface area contributed by atoms with Crippen molar-refractivity contribution in [2.24, 2.45) is 0 Å². The summed E-state index contributed by atoms with van der Waals surface area (Å²) in [5, 5.41) is 21.7. The number of hydrogen-bond acceptors (Lipinski definition) is 3. The standard InChI is InChI=1S/C14H13NO4/c16-6-5-15-13(17)11-3-1-10-8-12(14(18)19)4-2-9(10)7-11/h1-4,7-8,16H,5-6H2,(H,15,17)(H,18,19). The molecule has 0 fully saturated rings. The lowest BCUT2D eigenvalue weighted by Crippen LogP contribution is -2.26. The molecule has 5 nitrogen and oxygen atoms in total. The van der Waals surface area contributed by atoms with E-state index in [4.69, 9.17) is 10.2 Å². The predicted octanol–water partition coefficient (Wildman–Crippen LogP) is 1.26. The second-order valence-corrected chi connectivity index (χ2v) is 4.06. The van der Waals surface area contributed by atoms with E-state index in [1.165, 1.54) is 6.07 Å². The van der Waals surface area contributed by atoms with Crippen molar-refractivity contribution in [3.8, 4) is 0 Å². The molecule has 0 spiro atoms. The summed E-state index contributed by atoms with van der Waals surface area (Å²) in [6, 6.07) is 9.75. The van der Waals surface area contributed by atoms with E-state index < -0.39 is 5.97 Å². The van der Waals surface area contributed by atoms with Gasteiger partial charge in [0.25, 0.3) is 5.91 Å². The Bertz CT molecular complexity index is 636. The topological polar surface area (TPSA) is 86.6 Å². The van der Waals surface area contributed by atoms with Gasteiger partial charge in [-0.3, -0.25) is 4.79 Å². The van der Waals surface area contributed by atoms with E-state index in [2.05, 4.69) is 5.32 Å². The number of nitrogens with one attached hydrogen (secondary N) is 1. The molecular weight excluding hydrogens is 246 g/mol. The number of carboxylic acids is 1. The molecule has 0 aromatic heterocycles. The molecule has 0 heterocycles. The average molecular weight is 259 g/mol. The maximum atomic E-state index is 11.7. The molecule has 0 bridgehead atoms. The molecule has 0 unspecified atom stereocenters. The zero-order valence-corrected chi connectivity index (χ0v) is 10.1. The quantitative estimate of drug-likeness (QED) is 0.771. The van der Waals surface area contributed by atoms with Crippen molar-refractivity contribution in [2.45, 2.75) is 0 Å². The smallest absolute Gasteiger partial charge is 0.335 e. The zero-order valence-electron chi connectivity index (χ0n) is 10.1. The molecule has 0 radical (unpaired) electrons. The van der Waals surface area contributed by atoms with E-state index in [9.17, 15) is 9.59 Å². The van der Waals surface area contributed by atoms with Crippen LogP contribution in [0.15, 0.2) is 36.4 Å². The Morgan fingerprint density at radius 1 is 1.00 bits per heavy atom. The van der Waals surface area contributed by atoms with Gasteiger partial charge in [-0.1, -0.05) is 12.1 Å². The van der Waals surface area contributed by atoms with E-state index >= 15 is 0 Å². The molecule has 0 saturated heterocycles. The first kappa shape index (κ1) is 13.0. The summed E-state index contributed by atoms with van der Waals surface area (Å²) in [7, 11) is 0. The summed E-state index contributed by atoms with van der Waals surface area (Å²) >= 11 is 0.